The molecule has 168 valence electrons. The summed E-state index contributed by atoms with van der Waals surface area (Å²) < 4.78 is 14.7. The summed E-state index contributed by atoms with van der Waals surface area (Å²) in [5, 5.41) is 1.42. The number of nitrogen functional groups attached to an aromatic ring is 1. The molecule has 0 saturated carbocycles. The molecule has 33 heavy (non-hydrogen) atoms. The molecule has 1 fully saturated rings. The number of amides is 2. The summed E-state index contributed by atoms with van der Waals surface area (Å²) in [4.78, 5) is 32.5. The van der Waals surface area contributed by atoms with Crippen molar-refractivity contribution in [3.63, 3.8) is 0 Å². The number of aromatic amines is 1. The number of piperazine rings is 1. The van der Waals surface area contributed by atoms with Crippen LogP contribution in [0.15, 0.2) is 48.5 Å². The van der Waals surface area contributed by atoms with Gasteiger partial charge in [-0.3, -0.25) is 9.59 Å². The summed E-state index contributed by atoms with van der Waals surface area (Å²) in [5.41, 5.74) is 14.9. The van der Waals surface area contributed by atoms with Crippen molar-refractivity contribution in [2.75, 3.05) is 39.0 Å². The number of nitrogens with two attached hydrogens (primary N) is 2. The van der Waals surface area contributed by atoms with Crippen molar-refractivity contribution < 1.29 is 14.0 Å². The lowest BCUT2D eigenvalue weighted by Crippen LogP contribution is -2.47. The van der Waals surface area contributed by atoms with Gasteiger partial charge in [0.25, 0.3) is 11.8 Å². The molecule has 0 spiro atoms. The monoisotopic (exact) mass is 445 g/mol. The third-order valence-corrected chi connectivity index (χ3v) is 6.34. The van der Waals surface area contributed by atoms with Crippen LogP contribution in [-0.2, 0) is 0 Å². The van der Waals surface area contributed by atoms with E-state index in [0.717, 1.165) is 18.5 Å². The summed E-state index contributed by atoms with van der Waals surface area (Å²) >= 11 is 0. The van der Waals surface area contributed by atoms with Crippen LogP contribution in [0, 0.1) is 5.82 Å². The highest BCUT2D eigenvalue weighted by Gasteiger charge is 2.22. The number of nitrogens with one attached hydrogen (secondary N) is 1. The Morgan fingerprint density at radius 2 is 1.73 bits per heavy atom. The maximum Gasteiger partial charge on any atom is 0.254 e. The van der Waals surface area contributed by atoms with Crippen molar-refractivity contribution in [1.82, 2.24) is 14.8 Å². The number of nitrogens with zero attached hydrogens (tertiary/aromatic N) is 2. The first-order chi connectivity index (χ1) is 15.8. The maximum atomic E-state index is 14.7. The number of aromatic nitrogens is 1. The summed E-state index contributed by atoms with van der Waals surface area (Å²) in [6.45, 7) is 3.00. The molecule has 5 N–H and O–H groups in total. The SMILES string of the molecule is CN1CCN(C(=O)c2ccc3c(c2)[nH]c2c(C(N)=O)ccc(-c4cc(N)ccc4F)c23)CC1. The van der Waals surface area contributed by atoms with Gasteiger partial charge in [-0.2, -0.15) is 0 Å². The lowest BCUT2D eigenvalue weighted by Gasteiger charge is -2.32. The Morgan fingerprint density at radius 1 is 0.970 bits per heavy atom. The Hall–Kier alpha value is -3.91. The highest BCUT2D eigenvalue weighted by Crippen LogP contribution is 2.38. The average Bonchev–Trinajstić information content (AvgIpc) is 3.18. The van der Waals surface area contributed by atoms with Gasteiger partial charge in [-0.1, -0.05) is 12.1 Å². The molecule has 2 heterocycles. The van der Waals surface area contributed by atoms with E-state index in [1.54, 1.807) is 30.3 Å². The molecule has 3 aromatic carbocycles. The molecule has 1 aliphatic heterocycles. The van der Waals surface area contributed by atoms with Crippen molar-refractivity contribution in [2.45, 2.75) is 0 Å². The van der Waals surface area contributed by atoms with E-state index < -0.39 is 11.7 Å². The topological polar surface area (TPSA) is 108 Å². The van der Waals surface area contributed by atoms with Crippen LogP contribution in [0.4, 0.5) is 10.1 Å². The highest BCUT2D eigenvalue weighted by molar-refractivity contribution is 6.20. The van der Waals surface area contributed by atoms with Crippen molar-refractivity contribution in [1.29, 1.82) is 0 Å². The molecule has 0 atom stereocenters. The van der Waals surface area contributed by atoms with Gasteiger partial charge in [0.15, 0.2) is 0 Å². The molecule has 1 saturated heterocycles. The second-order valence-electron chi connectivity index (χ2n) is 8.50. The second-order valence-corrected chi connectivity index (χ2v) is 8.50. The number of benzene rings is 3. The Bertz CT molecular complexity index is 1420. The summed E-state index contributed by atoms with van der Waals surface area (Å²) in [6.07, 6.45) is 0. The standard InChI is InChI=1S/C25H24FN5O2/c1-30-8-10-31(11-9-30)25(33)14-2-4-17-21(12-14)29-23-18(24(28)32)6-5-16(22(17)23)19-13-15(27)3-7-20(19)26/h2-7,12-13,29H,8-11,27H2,1H3,(H2,28,32). The summed E-state index contributed by atoms with van der Waals surface area (Å²) in [6, 6.07) is 13.0. The fourth-order valence-electron chi connectivity index (χ4n) is 4.52. The minimum Gasteiger partial charge on any atom is -0.399 e. The lowest BCUT2D eigenvalue weighted by molar-refractivity contribution is 0.0664. The highest BCUT2D eigenvalue weighted by atomic mass is 19.1. The normalized spacial score (nSPS) is 14.8. The quantitative estimate of drug-likeness (QED) is 0.421. The fourth-order valence-corrected chi connectivity index (χ4v) is 4.52. The molecule has 0 aliphatic carbocycles. The van der Waals surface area contributed by atoms with Gasteiger partial charge in [-0.05, 0) is 49.0 Å². The number of rotatable bonds is 3. The number of H-pyrrole nitrogens is 1. The number of fused-ring (bicyclic) bond motifs is 3. The van der Waals surface area contributed by atoms with E-state index in [1.807, 2.05) is 18.0 Å². The molecule has 1 aromatic heterocycles. The van der Waals surface area contributed by atoms with Crippen LogP contribution in [0.5, 0.6) is 0 Å². The smallest absolute Gasteiger partial charge is 0.254 e. The van der Waals surface area contributed by atoms with E-state index >= 15 is 0 Å². The number of likely N-dealkylation sites (N-methyl/N-ethyl adjacent to an activating group) is 1. The average molecular weight is 445 g/mol. The van der Waals surface area contributed by atoms with Crippen LogP contribution in [0.25, 0.3) is 32.9 Å². The van der Waals surface area contributed by atoms with Crippen molar-refractivity contribution in [3.05, 3.63) is 65.5 Å². The van der Waals surface area contributed by atoms with E-state index in [4.69, 9.17) is 11.5 Å². The Kier molecular flexibility index (Phi) is 5.02. The number of carbonyl (C=O) groups is 2. The predicted octanol–water partition coefficient (Wildman–Crippen LogP) is 3.20. The second kappa shape index (κ2) is 7.90. The number of anilines is 1. The van der Waals surface area contributed by atoms with Gasteiger partial charge in [-0.25, -0.2) is 4.39 Å². The Balaban J connectivity index is 1.69. The minimum atomic E-state index is -0.597. The zero-order valence-corrected chi connectivity index (χ0v) is 18.2. The van der Waals surface area contributed by atoms with Gasteiger partial charge in [0.05, 0.1) is 11.1 Å². The van der Waals surface area contributed by atoms with Gasteiger partial charge >= 0.3 is 0 Å². The third-order valence-electron chi connectivity index (χ3n) is 6.34. The molecule has 4 aromatic rings. The first kappa shape index (κ1) is 21.0. The van der Waals surface area contributed by atoms with Crippen LogP contribution in [-0.4, -0.2) is 59.8 Å². The van der Waals surface area contributed by atoms with Gasteiger partial charge in [-0.15, -0.1) is 0 Å². The minimum absolute atomic E-state index is 0.0409. The molecular formula is C25H24FN5O2. The van der Waals surface area contributed by atoms with Crippen LogP contribution in [0.3, 0.4) is 0 Å². The number of hydrogen-bond donors (Lipinski definition) is 3. The van der Waals surface area contributed by atoms with Crippen LogP contribution >= 0.6 is 0 Å². The number of carbonyl (C=O) groups excluding carboxylic acids is 2. The van der Waals surface area contributed by atoms with E-state index in [2.05, 4.69) is 9.88 Å². The molecular weight excluding hydrogens is 421 g/mol. The summed E-state index contributed by atoms with van der Waals surface area (Å²) in [7, 11) is 2.04. The van der Waals surface area contributed by atoms with E-state index in [1.165, 1.54) is 12.1 Å². The summed E-state index contributed by atoms with van der Waals surface area (Å²) in [5.74, 6) is -1.06. The van der Waals surface area contributed by atoms with Crippen LogP contribution < -0.4 is 11.5 Å². The molecule has 0 radical (unpaired) electrons. The van der Waals surface area contributed by atoms with Crippen molar-refractivity contribution in [3.8, 4) is 11.1 Å². The molecule has 5 rings (SSSR count). The van der Waals surface area contributed by atoms with Crippen LogP contribution in [0.1, 0.15) is 20.7 Å². The number of halogens is 1. The van der Waals surface area contributed by atoms with Gasteiger partial charge in [0.1, 0.15) is 5.82 Å². The molecule has 1 aliphatic rings. The van der Waals surface area contributed by atoms with Crippen molar-refractivity contribution >= 4 is 39.3 Å². The number of primary amides is 1. The van der Waals surface area contributed by atoms with Crippen molar-refractivity contribution in [2.24, 2.45) is 5.73 Å². The third kappa shape index (κ3) is 3.58. The Labute approximate surface area is 189 Å². The zero-order valence-electron chi connectivity index (χ0n) is 18.2. The van der Waals surface area contributed by atoms with E-state index in [9.17, 15) is 14.0 Å². The predicted molar refractivity (Wildman–Crippen MR) is 128 cm³/mol. The Morgan fingerprint density at radius 3 is 2.45 bits per heavy atom. The molecule has 0 unspecified atom stereocenters. The molecule has 7 nitrogen and oxygen atoms in total. The van der Waals surface area contributed by atoms with Gasteiger partial charge in [0.2, 0.25) is 0 Å². The van der Waals surface area contributed by atoms with E-state index in [0.29, 0.717) is 57.5 Å². The fraction of sp³-hybridized carbons (Fsp3) is 0.200. The molecule has 0 bridgehead atoms. The maximum absolute atomic E-state index is 14.7. The molecule has 8 heteroatoms. The first-order valence-corrected chi connectivity index (χ1v) is 10.7. The zero-order chi connectivity index (χ0) is 23.3. The number of hydrogen-bond acceptors (Lipinski definition) is 4. The lowest BCUT2D eigenvalue weighted by atomic mass is 9.96. The first-order valence-electron chi connectivity index (χ1n) is 10.7. The van der Waals surface area contributed by atoms with Gasteiger partial charge in [0, 0.05) is 59.3 Å². The largest absolute Gasteiger partial charge is 0.399 e. The van der Waals surface area contributed by atoms with Gasteiger partial charge < -0.3 is 26.3 Å². The molecule has 2 amide bonds. The van der Waals surface area contributed by atoms with E-state index in [-0.39, 0.29) is 5.91 Å². The van der Waals surface area contributed by atoms with Crippen LogP contribution in [0.2, 0.25) is 0 Å².